The van der Waals surface area contributed by atoms with Gasteiger partial charge in [0.1, 0.15) is 0 Å². The third-order valence-corrected chi connectivity index (χ3v) is 3.44. The van der Waals surface area contributed by atoms with Gasteiger partial charge in [-0.2, -0.15) is 5.26 Å². The second-order valence-electron chi connectivity index (χ2n) is 3.48. The number of hydrogen-bond acceptors (Lipinski definition) is 4. The molecule has 3 rings (SSSR count). The molecular formula is C11H8BrN3S. The third kappa shape index (κ3) is 1.51. The summed E-state index contributed by atoms with van der Waals surface area (Å²) in [5.74, 6) is 0. The average Bonchev–Trinajstić information content (AvgIpc) is 2.72. The standard InChI is InChI=1S/C11H7N3S.BrH/c12-5-6-1-2-8-7(3-6)4-9-10(8)14-11(13)15-9;/h1-3H,4H2,(H2,13,14);1H. The molecule has 2 N–H and O–H groups in total. The molecule has 0 unspecified atom stereocenters. The molecule has 3 nitrogen and oxygen atoms in total. The maximum atomic E-state index is 8.80. The lowest BCUT2D eigenvalue weighted by Crippen LogP contribution is -1.85. The van der Waals surface area contributed by atoms with Gasteiger partial charge in [0.25, 0.3) is 0 Å². The van der Waals surface area contributed by atoms with Crippen LogP contribution in [0.5, 0.6) is 0 Å². The summed E-state index contributed by atoms with van der Waals surface area (Å²) in [4.78, 5) is 5.51. The van der Waals surface area contributed by atoms with Crippen molar-refractivity contribution in [2.24, 2.45) is 0 Å². The van der Waals surface area contributed by atoms with E-state index in [1.807, 2.05) is 18.2 Å². The van der Waals surface area contributed by atoms with Crippen molar-refractivity contribution >= 4 is 33.4 Å². The van der Waals surface area contributed by atoms with Crippen LogP contribution in [-0.4, -0.2) is 4.98 Å². The van der Waals surface area contributed by atoms with Gasteiger partial charge >= 0.3 is 0 Å². The fourth-order valence-electron chi connectivity index (χ4n) is 1.91. The van der Waals surface area contributed by atoms with Crippen LogP contribution in [0, 0.1) is 11.3 Å². The maximum absolute atomic E-state index is 8.80. The fourth-order valence-corrected chi connectivity index (χ4v) is 2.78. The number of aromatic nitrogens is 1. The van der Waals surface area contributed by atoms with Crippen molar-refractivity contribution in [1.29, 1.82) is 5.26 Å². The topological polar surface area (TPSA) is 62.7 Å². The molecule has 0 saturated carbocycles. The number of halogens is 1. The van der Waals surface area contributed by atoms with Gasteiger partial charge in [0.15, 0.2) is 5.13 Å². The molecule has 2 aromatic rings. The van der Waals surface area contributed by atoms with Gasteiger partial charge in [-0.1, -0.05) is 6.07 Å². The summed E-state index contributed by atoms with van der Waals surface area (Å²) in [6, 6.07) is 7.86. The molecule has 0 atom stereocenters. The van der Waals surface area contributed by atoms with Gasteiger partial charge in [-0.15, -0.1) is 28.3 Å². The van der Waals surface area contributed by atoms with Crippen molar-refractivity contribution in [2.75, 3.05) is 5.73 Å². The Morgan fingerprint density at radius 2 is 2.25 bits per heavy atom. The van der Waals surface area contributed by atoms with Crippen LogP contribution in [0.1, 0.15) is 16.0 Å². The van der Waals surface area contributed by atoms with Crippen molar-refractivity contribution in [3.05, 3.63) is 34.2 Å². The maximum Gasteiger partial charge on any atom is 0.180 e. The first kappa shape index (κ1) is 11.1. The predicted octanol–water partition coefficient (Wildman–Crippen LogP) is 2.75. The van der Waals surface area contributed by atoms with Gasteiger partial charge in [0, 0.05) is 16.9 Å². The largest absolute Gasteiger partial charge is 0.375 e. The van der Waals surface area contributed by atoms with Crippen LogP contribution < -0.4 is 5.73 Å². The van der Waals surface area contributed by atoms with E-state index in [9.17, 15) is 0 Å². The highest BCUT2D eigenvalue weighted by atomic mass is 79.9. The smallest absolute Gasteiger partial charge is 0.180 e. The Morgan fingerprint density at radius 3 is 3.00 bits per heavy atom. The highest BCUT2D eigenvalue weighted by molar-refractivity contribution is 8.93. The summed E-state index contributed by atoms with van der Waals surface area (Å²) in [5.41, 5.74) is 9.67. The molecular weight excluding hydrogens is 286 g/mol. The Kier molecular flexibility index (Phi) is 2.70. The molecule has 16 heavy (non-hydrogen) atoms. The number of nitrogens with two attached hydrogens (primary N) is 1. The number of anilines is 1. The van der Waals surface area contributed by atoms with Crippen LogP contribution in [0.15, 0.2) is 18.2 Å². The molecule has 0 amide bonds. The summed E-state index contributed by atoms with van der Waals surface area (Å²) in [6.45, 7) is 0. The van der Waals surface area contributed by atoms with Crippen molar-refractivity contribution in [3.63, 3.8) is 0 Å². The van der Waals surface area contributed by atoms with Crippen molar-refractivity contribution in [1.82, 2.24) is 4.98 Å². The number of rotatable bonds is 0. The highest BCUT2D eigenvalue weighted by Gasteiger charge is 2.22. The third-order valence-electron chi connectivity index (χ3n) is 2.55. The fraction of sp³-hybridized carbons (Fsp3) is 0.0909. The predicted molar refractivity (Wildman–Crippen MR) is 69.8 cm³/mol. The Balaban J connectivity index is 0.000000963. The minimum atomic E-state index is 0. The molecule has 1 aromatic heterocycles. The number of thiazole rings is 1. The van der Waals surface area contributed by atoms with E-state index >= 15 is 0 Å². The van der Waals surface area contributed by atoms with E-state index in [4.69, 9.17) is 11.0 Å². The van der Waals surface area contributed by atoms with E-state index < -0.39 is 0 Å². The first-order chi connectivity index (χ1) is 7.28. The van der Waals surface area contributed by atoms with Gasteiger partial charge in [-0.05, 0) is 17.7 Å². The number of nitrogens with zero attached hydrogens (tertiary/aromatic N) is 2. The summed E-state index contributed by atoms with van der Waals surface area (Å²) in [7, 11) is 0. The Morgan fingerprint density at radius 1 is 1.44 bits per heavy atom. The SMILES string of the molecule is Br.N#Cc1ccc2c(c1)Cc1sc(N)nc1-2. The van der Waals surface area contributed by atoms with Gasteiger partial charge in [-0.3, -0.25) is 0 Å². The monoisotopic (exact) mass is 293 g/mol. The zero-order chi connectivity index (χ0) is 10.4. The first-order valence-corrected chi connectivity index (χ1v) is 5.38. The zero-order valence-corrected chi connectivity index (χ0v) is 10.8. The molecule has 1 aliphatic carbocycles. The molecule has 80 valence electrons. The average molecular weight is 294 g/mol. The molecule has 0 radical (unpaired) electrons. The molecule has 1 aromatic carbocycles. The second kappa shape index (κ2) is 3.89. The molecule has 0 bridgehead atoms. The molecule has 0 fully saturated rings. The molecule has 1 heterocycles. The van der Waals surface area contributed by atoms with Gasteiger partial charge in [0.2, 0.25) is 0 Å². The highest BCUT2D eigenvalue weighted by Crippen LogP contribution is 2.40. The van der Waals surface area contributed by atoms with Crippen LogP contribution in [0.4, 0.5) is 5.13 Å². The number of hydrogen-bond donors (Lipinski definition) is 1. The quantitative estimate of drug-likeness (QED) is 0.693. The van der Waals surface area contributed by atoms with Crippen LogP contribution >= 0.6 is 28.3 Å². The van der Waals surface area contributed by atoms with Gasteiger partial charge in [-0.25, -0.2) is 4.98 Å². The lowest BCUT2D eigenvalue weighted by Gasteiger charge is -1.98. The molecule has 0 spiro atoms. The molecule has 1 aliphatic rings. The van der Waals surface area contributed by atoms with Crippen LogP contribution in [0.2, 0.25) is 0 Å². The number of nitrogen functional groups attached to an aromatic ring is 1. The number of nitriles is 1. The van der Waals surface area contributed by atoms with E-state index in [2.05, 4.69) is 11.1 Å². The van der Waals surface area contributed by atoms with Crippen LogP contribution in [0.25, 0.3) is 11.3 Å². The summed E-state index contributed by atoms with van der Waals surface area (Å²) < 4.78 is 0. The second-order valence-corrected chi connectivity index (χ2v) is 4.60. The summed E-state index contributed by atoms with van der Waals surface area (Å²) in [5, 5.41) is 9.42. The Hall–Kier alpha value is -1.38. The van der Waals surface area contributed by atoms with Crippen molar-refractivity contribution < 1.29 is 0 Å². The van der Waals surface area contributed by atoms with Crippen LogP contribution in [-0.2, 0) is 6.42 Å². The number of benzene rings is 1. The van der Waals surface area contributed by atoms with E-state index in [1.165, 1.54) is 21.8 Å². The Bertz CT molecular complexity index is 598. The van der Waals surface area contributed by atoms with E-state index in [0.29, 0.717) is 10.7 Å². The van der Waals surface area contributed by atoms with Crippen molar-refractivity contribution in [3.8, 4) is 17.3 Å². The minimum Gasteiger partial charge on any atom is -0.375 e. The van der Waals surface area contributed by atoms with Gasteiger partial charge < -0.3 is 5.73 Å². The van der Waals surface area contributed by atoms with E-state index in [-0.39, 0.29) is 17.0 Å². The number of fused-ring (bicyclic) bond motifs is 3. The van der Waals surface area contributed by atoms with Crippen molar-refractivity contribution in [2.45, 2.75) is 6.42 Å². The zero-order valence-electron chi connectivity index (χ0n) is 8.23. The van der Waals surface area contributed by atoms with E-state index in [0.717, 1.165) is 17.7 Å². The summed E-state index contributed by atoms with van der Waals surface area (Å²) >= 11 is 1.53. The van der Waals surface area contributed by atoms with Gasteiger partial charge in [0.05, 0.1) is 17.3 Å². The minimum absolute atomic E-state index is 0. The lowest BCUT2D eigenvalue weighted by molar-refractivity contribution is 1.30. The molecule has 0 saturated heterocycles. The van der Waals surface area contributed by atoms with E-state index in [1.54, 1.807) is 0 Å². The lowest BCUT2D eigenvalue weighted by atomic mass is 10.1. The molecule has 0 aliphatic heterocycles. The summed E-state index contributed by atoms with van der Waals surface area (Å²) in [6.07, 6.45) is 0.856. The first-order valence-electron chi connectivity index (χ1n) is 4.56. The Labute approximate surface area is 107 Å². The molecule has 5 heteroatoms. The van der Waals surface area contributed by atoms with Crippen LogP contribution in [0.3, 0.4) is 0 Å². The normalized spacial score (nSPS) is 11.2.